The van der Waals surface area contributed by atoms with Crippen LogP contribution < -0.4 is 10.6 Å². The molecule has 1 aromatic carbocycles. The van der Waals surface area contributed by atoms with Gasteiger partial charge in [-0.25, -0.2) is 0 Å². The number of ether oxygens (including phenoxy) is 1. The molecular formula is C19H30Br2N2O2. The third-order valence-electron chi connectivity index (χ3n) is 3.89. The minimum Gasteiger partial charge on any atom is -0.460 e. The quantitative estimate of drug-likeness (QED) is 0.424. The molecule has 4 nitrogen and oxygen atoms in total. The van der Waals surface area contributed by atoms with E-state index in [0.717, 1.165) is 40.6 Å². The largest absolute Gasteiger partial charge is 0.460 e. The number of halogens is 2. The van der Waals surface area contributed by atoms with E-state index in [2.05, 4.69) is 61.9 Å². The van der Waals surface area contributed by atoms with Crippen LogP contribution in [-0.2, 0) is 9.53 Å². The second-order valence-electron chi connectivity index (χ2n) is 7.13. The lowest BCUT2D eigenvalue weighted by Crippen LogP contribution is -2.28. The summed E-state index contributed by atoms with van der Waals surface area (Å²) in [7, 11) is 0. The van der Waals surface area contributed by atoms with Gasteiger partial charge in [-0.1, -0.05) is 37.9 Å². The number of hydrogen-bond acceptors (Lipinski definition) is 4. The Balaban J connectivity index is 3.03. The number of alkyl halides is 2. The van der Waals surface area contributed by atoms with Gasteiger partial charge in [-0.15, -0.1) is 0 Å². The second-order valence-corrected chi connectivity index (χ2v) is 8.72. The van der Waals surface area contributed by atoms with Gasteiger partial charge >= 0.3 is 5.97 Å². The Morgan fingerprint density at radius 1 is 1.24 bits per heavy atom. The van der Waals surface area contributed by atoms with Crippen LogP contribution in [0.3, 0.4) is 0 Å². The summed E-state index contributed by atoms with van der Waals surface area (Å²) in [5.74, 6) is -0.241. The molecule has 142 valence electrons. The zero-order valence-corrected chi connectivity index (χ0v) is 18.8. The van der Waals surface area contributed by atoms with E-state index in [1.807, 2.05) is 20.8 Å². The minimum absolute atomic E-state index is 0.0374. The number of aryl methyl sites for hydroxylation is 1. The molecule has 0 saturated carbocycles. The topological polar surface area (TPSA) is 55.6 Å². The average molecular weight is 478 g/mol. The maximum Gasteiger partial charge on any atom is 0.306 e. The van der Waals surface area contributed by atoms with Crippen molar-refractivity contribution in [2.45, 2.75) is 45.6 Å². The number of esters is 1. The van der Waals surface area contributed by atoms with Gasteiger partial charge in [-0.05, 0) is 57.5 Å². The lowest BCUT2D eigenvalue weighted by Gasteiger charge is -2.26. The summed E-state index contributed by atoms with van der Waals surface area (Å²) >= 11 is 7.03. The van der Waals surface area contributed by atoms with Gasteiger partial charge < -0.3 is 15.4 Å². The van der Waals surface area contributed by atoms with Crippen molar-refractivity contribution in [3.63, 3.8) is 0 Å². The van der Waals surface area contributed by atoms with Crippen LogP contribution in [0.2, 0.25) is 0 Å². The molecule has 0 radical (unpaired) electrons. The average Bonchev–Trinajstić information content (AvgIpc) is 2.51. The first-order valence-corrected chi connectivity index (χ1v) is 10.9. The lowest BCUT2D eigenvalue weighted by atomic mass is 9.91. The maximum atomic E-state index is 12.2. The van der Waals surface area contributed by atoms with Crippen LogP contribution in [0.1, 0.15) is 44.2 Å². The minimum atomic E-state index is -0.477. The van der Waals surface area contributed by atoms with Crippen molar-refractivity contribution in [1.29, 1.82) is 0 Å². The number of benzene rings is 1. The monoisotopic (exact) mass is 476 g/mol. The van der Waals surface area contributed by atoms with E-state index in [9.17, 15) is 4.79 Å². The highest BCUT2D eigenvalue weighted by atomic mass is 79.9. The molecule has 0 saturated heterocycles. The summed E-state index contributed by atoms with van der Waals surface area (Å²) in [6.45, 7) is 9.98. The molecule has 2 N–H and O–H groups in total. The zero-order valence-electron chi connectivity index (χ0n) is 15.6. The Kier molecular flexibility index (Phi) is 9.46. The molecule has 0 aliphatic heterocycles. The van der Waals surface area contributed by atoms with E-state index in [1.165, 1.54) is 0 Å². The van der Waals surface area contributed by atoms with E-state index in [-0.39, 0.29) is 11.9 Å². The van der Waals surface area contributed by atoms with E-state index in [4.69, 9.17) is 10.5 Å². The van der Waals surface area contributed by atoms with Crippen molar-refractivity contribution in [1.82, 2.24) is 0 Å². The second kappa shape index (κ2) is 10.5. The lowest BCUT2D eigenvalue weighted by molar-refractivity contribution is -0.155. The fraction of sp³-hybridized carbons (Fsp3) is 0.632. The summed E-state index contributed by atoms with van der Waals surface area (Å²) in [4.78, 5) is 14.5. The molecule has 0 amide bonds. The number of anilines is 1. The number of rotatable bonds is 9. The highest BCUT2D eigenvalue weighted by molar-refractivity contribution is 9.09. The van der Waals surface area contributed by atoms with Crippen LogP contribution in [0, 0.1) is 6.92 Å². The molecule has 0 fully saturated rings. The molecule has 0 aliphatic rings. The summed E-state index contributed by atoms with van der Waals surface area (Å²) < 4.78 is 5.47. The maximum absolute atomic E-state index is 12.2. The standard InChI is InChI=1S/C19H30Br2N2O2/c1-14-5-6-16(23(9-7-20)10-8-21)12-17(14)15(13-22)11-18(24)25-19(2,3)4/h5-6,12,15H,7-11,13,22H2,1-4H3. The van der Waals surface area contributed by atoms with Gasteiger partial charge in [0.1, 0.15) is 5.60 Å². The summed E-state index contributed by atoms with van der Waals surface area (Å²) in [5.41, 5.74) is 8.95. The van der Waals surface area contributed by atoms with Crippen molar-refractivity contribution >= 4 is 43.5 Å². The molecule has 0 aliphatic carbocycles. The van der Waals surface area contributed by atoms with E-state index >= 15 is 0 Å². The van der Waals surface area contributed by atoms with E-state index in [1.54, 1.807) is 0 Å². The van der Waals surface area contributed by atoms with Crippen LogP contribution in [0.4, 0.5) is 5.69 Å². The Labute approximate surface area is 168 Å². The van der Waals surface area contributed by atoms with Crippen molar-refractivity contribution < 1.29 is 9.53 Å². The summed E-state index contributed by atoms with van der Waals surface area (Å²) in [6.07, 6.45) is 0.301. The number of hydrogen-bond donors (Lipinski definition) is 1. The van der Waals surface area contributed by atoms with Crippen molar-refractivity contribution in [2.24, 2.45) is 5.73 Å². The van der Waals surface area contributed by atoms with Gasteiger partial charge in [0.25, 0.3) is 0 Å². The van der Waals surface area contributed by atoms with Crippen LogP contribution in [0.25, 0.3) is 0 Å². The van der Waals surface area contributed by atoms with Gasteiger partial charge in [0.2, 0.25) is 0 Å². The van der Waals surface area contributed by atoms with Gasteiger partial charge in [0.15, 0.2) is 0 Å². The predicted octanol–water partition coefficient (Wildman–Crippen LogP) is 4.37. The summed E-state index contributed by atoms with van der Waals surface area (Å²) in [5, 5.41) is 1.81. The third-order valence-corrected chi connectivity index (χ3v) is 4.60. The van der Waals surface area contributed by atoms with Crippen molar-refractivity contribution in [3.8, 4) is 0 Å². The molecule has 1 unspecified atom stereocenters. The van der Waals surface area contributed by atoms with Crippen LogP contribution in [0.15, 0.2) is 18.2 Å². The molecule has 0 spiro atoms. The third kappa shape index (κ3) is 7.67. The summed E-state index contributed by atoms with van der Waals surface area (Å²) in [6, 6.07) is 6.41. The first-order chi connectivity index (χ1) is 11.7. The Morgan fingerprint density at radius 3 is 2.32 bits per heavy atom. The Bertz CT molecular complexity index is 553. The molecule has 0 aromatic heterocycles. The van der Waals surface area contributed by atoms with Gasteiger partial charge in [0, 0.05) is 35.4 Å². The number of nitrogens with two attached hydrogens (primary N) is 1. The van der Waals surface area contributed by atoms with Gasteiger partial charge in [0.05, 0.1) is 6.42 Å². The molecule has 6 heteroatoms. The molecule has 25 heavy (non-hydrogen) atoms. The fourth-order valence-electron chi connectivity index (χ4n) is 2.74. The zero-order chi connectivity index (χ0) is 19.0. The van der Waals surface area contributed by atoms with Crippen molar-refractivity contribution in [2.75, 3.05) is 35.2 Å². The molecule has 1 aromatic rings. The number of carbonyl (C=O) groups excluding carboxylic acids is 1. The van der Waals surface area contributed by atoms with Crippen LogP contribution >= 0.6 is 31.9 Å². The molecule has 0 heterocycles. The Hall–Kier alpha value is -0.590. The normalized spacial score (nSPS) is 12.8. The highest BCUT2D eigenvalue weighted by Gasteiger charge is 2.22. The van der Waals surface area contributed by atoms with Gasteiger partial charge in [-0.3, -0.25) is 4.79 Å². The Morgan fingerprint density at radius 2 is 1.84 bits per heavy atom. The first-order valence-electron chi connectivity index (χ1n) is 8.61. The molecule has 1 atom stereocenters. The van der Waals surface area contributed by atoms with Crippen LogP contribution in [-0.4, -0.2) is 41.9 Å². The van der Waals surface area contributed by atoms with Crippen molar-refractivity contribution in [3.05, 3.63) is 29.3 Å². The van der Waals surface area contributed by atoms with E-state index in [0.29, 0.717) is 13.0 Å². The predicted molar refractivity (Wildman–Crippen MR) is 113 cm³/mol. The number of carbonyl (C=O) groups is 1. The SMILES string of the molecule is Cc1ccc(N(CCBr)CCBr)cc1C(CN)CC(=O)OC(C)(C)C. The molecule has 1 rings (SSSR count). The fourth-order valence-corrected chi connectivity index (χ4v) is 3.60. The number of nitrogens with zero attached hydrogens (tertiary/aromatic N) is 1. The smallest absolute Gasteiger partial charge is 0.306 e. The first kappa shape index (κ1) is 22.5. The van der Waals surface area contributed by atoms with E-state index < -0.39 is 5.60 Å². The highest BCUT2D eigenvalue weighted by Crippen LogP contribution is 2.28. The van der Waals surface area contributed by atoms with Gasteiger partial charge in [-0.2, -0.15) is 0 Å². The molecule has 0 bridgehead atoms. The van der Waals surface area contributed by atoms with Crippen LogP contribution in [0.5, 0.6) is 0 Å². The molecular weight excluding hydrogens is 448 g/mol.